The molecule has 1 atom stereocenters. The number of furan rings is 1. The predicted molar refractivity (Wildman–Crippen MR) is 118 cm³/mol. The van der Waals surface area contributed by atoms with Crippen molar-refractivity contribution in [2.24, 2.45) is 11.0 Å². The number of benzene rings is 1. The molecule has 1 aromatic carbocycles. The fourth-order valence-electron chi connectivity index (χ4n) is 4.02. The van der Waals surface area contributed by atoms with Crippen molar-refractivity contribution in [3.05, 3.63) is 54.0 Å². The van der Waals surface area contributed by atoms with Gasteiger partial charge in [0.05, 0.1) is 25.7 Å². The van der Waals surface area contributed by atoms with Crippen LogP contribution >= 0.6 is 0 Å². The Bertz CT molecular complexity index is 951. The van der Waals surface area contributed by atoms with Crippen molar-refractivity contribution < 1.29 is 23.5 Å². The van der Waals surface area contributed by atoms with Crippen molar-refractivity contribution in [2.45, 2.75) is 31.7 Å². The van der Waals surface area contributed by atoms with E-state index in [1.165, 1.54) is 5.01 Å². The maximum Gasteiger partial charge on any atom is 0.262 e. The normalized spacial score (nSPS) is 18.2. The molecule has 0 N–H and O–H groups in total. The van der Waals surface area contributed by atoms with Gasteiger partial charge in [-0.15, -0.1) is 0 Å². The van der Waals surface area contributed by atoms with Gasteiger partial charge in [-0.1, -0.05) is 6.42 Å². The largest absolute Gasteiger partial charge is 0.497 e. The van der Waals surface area contributed by atoms with Crippen molar-refractivity contribution >= 4 is 17.5 Å². The Balaban J connectivity index is 1.55. The molecule has 32 heavy (non-hydrogen) atoms. The lowest BCUT2D eigenvalue weighted by molar-refractivity contribution is -0.146. The Morgan fingerprint density at radius 3 is 2.56 bits per heavy atom. The molecule has 2 aromatic rings. The molecule has 1 fully saturated rings. The Labute approximate surface area is 187 Å². The Morgan fingerprint density at radius 1 is 1.19 bits per heavy atom. The van der Waals surface area contributed by atoms with Gasteiger partial charge in [0.15, 0.2) is 0 Å². The van der Waals surface area contributed by atoms with Crippen LogP contribution in [0.5, 0.6) is 5.75 Å². The number of nitrogens with zero attached hydrogens (tertiary/aromatic N) is 3. The van der Waals surface area contributed by atoms with Crippen LogP contribution in [0, 0.1) is 5.92 Å². The van der Waals surface area contributed by atoms with Crippen LogP contribution < -0.4 is 4.74 Å². The first-order chi connectivity index (χ1) is 15.6. The molecule has 2 aliphatic rings. The molecule has 170 valence electrons. The Kier molecular flexibility index (Phi) is 6.90. The van der Waals surface area contributed by atoms with Gasteiger partial charge in [0.25, 0.3) is 5.91 Å². The van der Waals surface area contributed by atoms with Gasteiger partial charge in [-0.3, -0.25) is 9.59 Å². The lowest BCUT2D eigenvalue weighted by Crippen LogP contribution is -2.46. The fraction of sp³-hybridized carbons (Fsp3) is 0.458. The topological polar surface area (TPSA) is 84.6 Å². The molecule has 2 amide bonds. The maximum absolute atomic E-state index is 13.4. The minimum absolute atomic E-state index is 0.0115. The molecule has 0 spiro atoms. The second-order valence-electron chi connectivity index (χ2n) is 8.13. The zero-order valence-electron chi connectivity index (χ0n) is 18.5. The first kappa shape index (κ1) is 22.1. The summed E-state index contributed by atoms with van der Waals surface area (Å²) in [5.74, 6) is 1.22. The van der Waals surface area contributed by atoms with Gasteiger partial charge in [-0.2, -0.15) is 5.10 Å². The summed E-state index contributed by atoms with van der Waals surface area (Å²) >= 11 is 0. The van der Waals surface area contributed by atoms with Crippen LogP contribution in [0.4, 0.5) is 0 Å². The van der Waals surface area contributed by atoms with E-state index in [2.05, 4.69) is 5.10 Å². The molecule has 0 radical (unpaired) electrons. The second kappa shape index (κ2) is 9.99. The quantitative estimate of drug-likeness (QED) is 0.599. The minimum atomic E-state index is -0.349. The van der Waals surface area contributed by atoms with Gasteiger partial charge in [0, 0.05) is 26.0 Å². The fourth-order valence-corrected chi connectivity index (χ4v) is 4.02. The molecule has 1 aliphatic carbocycles. The summed E-state index contributed by atoms with van der Waals surface area (Å²) in [6.07, 6.45) is 4.95. The predicted octanol–water partition coefficient (Wildman–Crippen LogP) is 3.24. The molecule has 0 bridgehead atoms. The summed E-state index contributed by atoms with van der Waals surface area (Å²) in [6, 6.07) is 10.9. The first-order valence-corrected chi connectivity index (χ1v) is 11.0. The van der Waals surface area contributed by atoms with E-state index in [0.29, 0.717) is 25.3 Å². The SMILES string of the molecule is COCCN(CC(=O)N1N=C(c2ccc(OC)cc2)C[C@H]1c1ccco1)C(=O)C1CCC1. The molecule has 1 aliphatic heterocycles. The molecule has 4 rings (SSSR count). The van der Waals surface area contributed by atoms with Crippen LogP contribution in [0.15, 0.2) is 52.2 Å². The highest BCUT2D eigenvalue weighted by atomic mass is 16.5. The molecule has 1 saturated carbocycles. The van der Waals surface area contributed by atoms with E-state index in [-0.39, 0.29) is 30.3 Å². The number of hydrogen-bond donors (Lipinski definition) is 0. The number of carbonyl (C=O) groups excluding carboxylic acids is 2. The molecular formula is C24H29N3O5. The zero-order valence-corrected chi connectivity index (χ0v) is 18.5. The third kappa shape index (κ3) is 4.70. The molecular weight excluding hydrogens is 410 g/mol. The van der Waals surface area contributed by atoms with Gasteiger partial charge in [0.2, 0.25) is 5.91 Å². The van der Waals surface area contributed by atoms with Gasteiger partial charge in [-0.05, 0) is 54.8 Å². The second-order valence-corrected chi connectivity index (χ2v) is 8.13. The van der Waals surface area contributed by atoms with E-state index < -0.39 is 0 Å². The molecule has 8 heteroatoms. The van der Waals surface area contributed by atoms with Crippen molar-refractivity contribution in [3.8, 4) is 5.75 Å². The van der Waals surface area contributed by atoms with Crippen LogP contribution in [0.1, 0.15) is 43.0 Å². The highest BCUT2D eigenvalue weighted by Crippen LogP contribution is 2.34. The lowest BCUT2D eigenvalue weighted by atomic mass is 9.84. The van der Waals surface area contributed by atoms with Crippen LogP contribution in [0.2, 0.25) is 0 Å². The number of rotatable bonds is 9. The van der Waals surface area contributed by atoms with E-state index in [4.69, 9.17) is 13.9 Å². The van der Waals surface area contributed by atoms with Gasteiger partial charge in [-0.25, -0.2) is 5.01 Å². The number of ether oxygens (including phenoxy) is 2. The average molecular weight is 440 g/mol. The van der Waals surface area contributed by atoms with Crippen LogP contribution in [0.3, 0.4) is 0 Å². The van der Waals surface area contributed by atoms with E-state index in [9.17, 15) is 9.59 Å². The Morgan fingerprint density at radius 2 is 1.97 bits per heavy atom. The van der Waals surface area contributed by atoms with Crippen molar-refractivity contribution in [2.75, 3.05) is 33.9 Å². The smallest absolute Gasteiger partial charge is 0.262 e. The first-order valence-electron chi connectivity index (χ1n) is 11.0. The minimum Gasteiger partial charge on any atom is -0.497 e. The summed E-state index contributed by atoms with van der Waals surface area (Å²) < 4.78 is 16.0. The van der Waals surface area contributed by atoms with Crippen LogP contribution in [0.25, 0.3) is 0 Å². The summed E-state index contributed by atoms with van der Waals surface area (Å²) in [4.78, 5) is 27.8. The molecule has 1 aromatic heterocycles. The zero-order chi connectivity index (χ0) is 22.5. The maximum atomic E-state index is 13.4. The van der Waals surface area contributed by atoms with Gasteiger partial charge >= 0.3 is 0 Å². The van der Waals surface area contributed by atoms with Gasteiger partial charge in [0.1, 0.15) is 24.1 Å². The van der Waals surface area contributed by atoms with E-state index in [1.807, 2.05) is 30.3 Å². The summed E-state index contributed by atoms with van der Waals surface area (Å²) in [6.45, 7) is 0.731. The summed E-state index contributed by atoms with van der Waals surface area (Å²) in [5, 5.41) is 6.12. The average Bonchev–Trinajstić information content (AvgIpc) is 3.45. The van der Waals surface area contributed by atoms with E-state index in [1.54, 1.807) is 31.4 Å². The number of amides is 2. The van der Waals surface area contributed by atoms with Crippen molar-refractivity contribution in [3.63, 3.8) is 0 Å². The highest BCUT2D eigenvalue weighted by molar-refractivity contribution is 6.03. The van der Waals surface area contributed by atoms with E-state index in [0.717, 1.165) is 36.3 Å². The molecule has 0 unspecified atom stereocenters. The van der Waals surface area contributed by atoms with E-state index >= 15 is 0 Å². The molecule has 8 nitrogen and oxygen atoms in total. The standard InChI is InChI=1S/C24H29N3O5/c1-30-14-12-26(24(29)18-5-3-6-18)16-23(28)27-21(22-7-4-13-32-22)15-20(25-27)17-8-10-19(31-2)11-9-17/h4,7-11,13,18,21H,3,5-6,12,14-16H2,1-2H3/t21-/m0/s1. The van der Waals surface area contributed by atoms with Crippen molar-refractivity contribution in [1.82, 2.24) is 9.91 Å². The van der Waals surface area contributed by atoms with Crippen molar-refractivity contribution in [1.29, 1.82) is 0 Å². The number of hydrazone groups is 1. The van der Waals surface area contributed by atoms with Gasteiger partial charge < -0.3 is 18.8 Å². The number of methoxy groups -OCH3 is 2. The monoisotopic (exact) mass is 439 g/mol. The lowest BCUT2D eigenvalue weighted by Gasteiger charge is -2.32. The Hall–Kier alpha value is -3.13. The summed E-state index contributed by atoms with van der Waals surface area (Å²) in [5.41, 5.74) is 1.70. The highest BCUT2D eigenvalue weighted by Gasteiger charge is 2.37. The third-order valence-corrected chi connectivity index (χ3v) is 6.12. The number of hydrogen-bond acceptors (Lipinski definition) is 6. The number of carbonyl (C=O) groups is 2. The van der Waals surface area contributed by atoms with Crippen LogP contribution in [-0.2, 0) is 14.3 Å². The summed E-state index contributed by atoms with van der Waals surface area (Å²) in [7, 11) is 3.21. The van der Waals surface area contributed by atoms with Crippen LogP contribution in [-0.4, -0.2) is 61.4 Å². The molecule has 0 saturated heterocycles. The third-order valence-electron chi connectivity index (χ3n) is 6.12. The molecule has 2 heterocycles.